The largest absolute Gasteiger partial charge is 0.494 e. The zero-order chi connectivity index (χ0) is 43.2. The zero-order valence-electron chi connectivity index (χ0n) is 34.3. The molecule has 3 aromatic carbocycles. The number of hydrogen-bond donors (Lipinski definition) is 1. The lowest BCUT2D eigenvalue weighted by Gasteiger charge is -2.17. The number of para-hydroxylation sites is 1. The molecule has 1 aliphatic rings. The van der Waals surface area contributed by atoms with E-state index in [1.807, 2.05) is 30.3 Å². The summed E-state index contributed by atoms with van der Waals surface area (Å²) >= 11 is 1.45. The molecule has 0 saturated carbocycles. The first-order valence-electron chi connectivity index (χ1n) is 20.3. The molecule has 1 aromatic heterocycles. The van der Waals surface area contributed by atoms with Crippen molar-refractivity contribution in [1.29, 1.82) is 0 Å². The number of anilines is 1. The monoisotopic (exact) mass is 849 g/mol. The maximum Gasteiger partial charge on any atom is 0.343 e. The van der Waals surface area contributed by atoms with Crippen molar-refractivity contribution in [3.63, 3.8) is 0 Å². The Morgan fingerprint density at radius 2 is 1.44 bits per heavy atom. The van der Waals surface area contributed by atoms with Gasteiger partial charge in [0, 0.05) is 24.3 Å². The van der Waals surface area contributed by atoms with Crippen molar-refractivity contribution in [3.05, 3.63) is 127 Å². The molecule has 1 heterocycles. The Bertz CT molecular complexity index is 2190. The van der Waals surface area contributed by atoms with Crippen LogP contribution in [-0.4, -0.2) is 67.1 Å². The van der Waals surface area contributed by atoms with Crippen molar-refractivity contribution >= 4 is 56.3 Å². The maximum absolute atomic E-state index is 13.4. The van der Waals surface area contributed by atoms with E-state index in [2.05, 4.69) is 28.7 Å². The number of rotatable bonds is 25. The molecular formula is C47H51N3O10S. The van der Waals surface area contributed by atoms with Crippen LogP contribution in [0, 0.1) is 0 Å². The minimum Gasteiger partial charge on any atom is -0.494 e. The molecule has 0 bridgehead atoms. The molecule has 5 rings (SSSR count). The first kappa shape index (κ1) is 45.7. The first-order chi connectivity index (χ1) is 29.7. The van der Waals surface area contributed by atoms with Gasteiger partial charge in [-0.3, -0.25) is 5.43 Å². The number of thiazole rings is 1. The second-order valence-electron chi connectivity index (χ2n) is 13.8. The Hall–Kier alpha value is -6.38. The van der Waals surface area contributed by atoms with Crippen molar-refractivity contribution in [2.45, 2.75) is 70.8 Å². The molecule has 0 amide bonds. The highest BCUT2D eigenvalue weighted by molar-refractivity contribution is 7.22. The van der Waals surface area contributed by atoms with Gasteiger partial charge in [0.2, 0.25) is 5.13 Å². The van der Waals surface area contributed by atoms with Crippen molar-refractivity contribution < 1.29 is 47.6 Å². The van der Waals surface area contributed by atoms with Gasteiger partial charge in [0.1, 0.15) is 17.2 Å². The van der Waals surface area contributed by atoms with E-state index in [0.29, 0.717) is 66.1 Å². The molecule has 0 spiro atoms. The molecular weight excluding hydrogens is 799 g/mol. The fourth-order valence-corrected chi connectivity index (χ4v) is 6.76. The standard InChI is InChI=1S/C47H51N3O10S/c1-4-43(51)57-30-14-8-6-12-28-55-36-22-18-34(19-23-36)45(53)59-38-26-27-41(39(32-38)33(3)49-50-47-48-40-16-10-11-17-42(40)61-47)60-46(54)35-20-24-37(25-21-35)56-29-13-7-9-15-31-58-44(52)5-2/h4-5,10-11,16-22,24-27,32,36H,1-2,6-9,12-15,23,28-31H2,3H3,(H,48,50)/b49-33+. The van der Waals surface area contributed by atoms with Gasteiger partial charge in [0.25, 0.3) is 0 Å². The van der Waals surface area contributed by atoms with E-state index in [9.17, 15) is 19.2 Å². The van der Waals surface area contributed by atoms with E-state index in [1.165, 1.54) is 11.3 Å². The molecule has 1 aliphatic carbocycles. The van der Waals surface area contributed by atoms with Gasteiger partial charge in [-0.2, -0.15) is 5.10 Å². The van der Waals surface area contributed by atoms with Crippen LogP contribution in [0.3, 0.4) is 0 Å². The Balaban J connectivity index is 1.16. The van der Waals surface area contributed by atoms with E-state index in [0.717, 1.165) is 73.7 Å². The van der Waals surface area contributed by atoms with Crippen molar-refractivity contribution in [1.82, 2.24) is 4.98 Å². The van der Waals surface area contributed by atoms with Gasteiger partial charge in [-0.25, -0.2) is 24.2 Å². The smallest absolute Gasteiger partial charge is 0.343 e. The number of esters is 4. The summed E-state index contributed by atoms with van der Waals surface area (Å²) in [5, 5.41) is 5.12. The first-order valence-corrected chi connectivity index (χ1v) is 21.1. The van der Waals surface area contributed by atoms with Gasteiger partial charge in [0.15, 0.2) is 0 Å². The number of nitrogens with zero attached hydrogens (tertiary/aromatic N) is 2. The third-order valence-electron chi connectivity index (χ3n) is 9.25. The molecule has 1 unspecified atom stereocenters. The highest BCUT2D eigenvalue weighted by atomic mass is 32.1. The van der Waals surface area contributed by atoms with Crippen LogP contribution in [0.15, 0.2) is 121 Å². The molecule has 61 heavy (non-hydrogen) atoms. The van der Waals surface area contributed by atoms with Gasteiger partial charge in [-0.1, -0.05) is 55.2 Å². The van der Waals surface area contributed by atoms with E-state index in [1.54, 1.807) is 61.5 Å². The zero-order valence-corrected chi connectivity index (χ0v) is 35.1. The minimum atomic E-state index is -0.595. The fraction of sp³-hybridized carbons (Fsp3) is 0.319. The van der Waals surface area contributed by atoms with E-state index in [4.69, 9.17) is 28.4 Å². The van der Waals surface area contributed by atoms with Gasteiger partial charge in [-0.15, -0.1) is 0 Å². The lowest BCUT2D eigenvalue weighted by molar-refractivity contribution is -0.138. The molecule has 0 aliphatic heterocycles. The SMILES string of the molecule is C=CC(=O)OCCCCCCOc1ccc(C(=O)Oc2ccc(OC(=O)C3=CCC(OCCCCCCOC(=O)C=C)C=C3)cc2/C(C)=N/Nc2nc3ccccc3s2)cc1. The number of nitrogens with one attached hydrogen (secondary N) is 1. The Kier molecular flexibility index (Phi) is 18.5. The quantitative estimate of drug-likeness (QED) is 0.0168. The topological polar surface area (TPSA) is 161 Å². The van der Waals surface area contributed by atoms with Crippen LogP contribution in [0.5, 0.6) is 17.2 Å². The molecule has 0 radical (unpaired) electrons. The summed E-state index contributed by atoms with van der Waals surface area (Å²) in [5.41, 5.74) is 5.42. The molecule has 14 heteroatoms. The third-order valence-corrected chi connectivity index (χ3v) is 10.2. The molecule has 0 fully saturated rings. The lowest BCUT2D eigenvalue weighted by Crippen LogP contribution is -2.17. The Labute approximate surface area is 359 Å². The molecule has 0 saturated heterocycles. The van der Waals surface area contributed by atoms with Crippen LogP contribution in [0.25, 0.3) is 10.2 Å². The number of aromatic nitrogens is 1. The van der Waals surface area contributed by atoms with Gasteiger partial charge in [0.05, 0.1) is 53.0 Å². The van der Waals surface area contributed by atoms with Crippen LogP contribution >= 0.6 is 11.3 Å². The summed E-state index contributed by atoms with van der Waals surface area (Å²) in [7, 11) is 0. The van der Waals surface area contributed by atoms with Crippen LogP contribution in [0.1, 0.15) is 80.6 Å². The van der Waals surface area contributed by atoms with Gasteiger partial charge < -0.3 is 28.4 Å². The Morgan fingerprint density at radius 3 is 2.10 bits per heavy atom. The van der Waals surface area contributed by atoms with Crippen molar-refractivity contribution in [2.24, 2.45) is 5.10 Å². The number of ether oxygens (including phenoxy) is 6. The average molecular weight is 850 g/mol. The molecule has 1 atom stereocenters. The van der Waals surface area contributed by atoms with Crippen LogP contribution in [0.4, 0.5) is 5.13 Å². The summed E-state index contributed by atoms with van der Waals surface area (Å²) in [5.74, 6) is -0.897. The molecule has 4 aromatic rings. The lowest BCUT2D eigenvalue weighted by atomic mass is 10.0. The van der Waals surface area contributed by atoms with E-state index < -0.39 is 23.9 Å². The van der Waals surface area contributed by atoms with E-state index >= 15 is 0 Å². The van der Waals surface area contributed by atoms with Crippen molar-refractivity contribution in [2.75, 3.05) is 31.9 Å². The fourth-order valence-electron chi connectivity index (χ4n) is 5.95. The third kappa shape index (κ3) is 15.3. The number of hydrogen-bond acceptors (Lipinski definition) is 14. The number of carbonyl (C=O) groups excluding carboxylic acids is 4. The number of benzene rings is 3. The van der Waals surface area contributed by atoms with Crippen LogP contribution < -0.4 is 19.6 Å². The van der Waals surface area contributed by atoms with Gasteiger partial charge in [-0.05, 0) is 119 Å². The summed E-state index contributed by atoms with van der Waals surface area (Å²) in [6.07, 6.45) is 15.0. The number of hydrazone groups is 1. The normalized spacial score (nSPS) is 13.5. The maximum atomic E-state index is 13.4. The summed E-state index contributed by atoms with van der Waals surface area (Å²) in [6.45, 7) is 10.3. The van der Waals surface area contributed by atoms with Crippen LogP contribution in [-0.2, 0) is 28.6 Å². The van der Waals surface area contributed by atoms with E-state index in [-0.39, 0.29) is 17.6 Å². The second-order valence-corrected chi connectivity index (χ2v) is 14.9. The van der Waals surface area contributed by atoms with Gasteiger partial charge >= 0.3 is 23.9 Å². The molecule has 320 valence electrons. The highest BCUT2D eigenvalue weighted by Crippen LogP contribution is 2.29. The number of unbranched alkanes of at least 4 members (excludes halogenated alkanes) is 6. The summed E-state index contributed by atoms with van der Waals surface area (Å²) in [4.78, 5) is 53.5. The summed E-state index contributed by atoms with van der Waals surface area (Å²) < 4.78 is 34.5. The predicted octanol–water partition coefficient (Wildman–Crippen LogP) is 9.49. The number of fused-ring (bicyclic) bond motifs is 1. The predicted molar refractivity (Wildman–Crippen MR) is 235 cm³/mol. The highest BCUT2D eigenvalue weighted by Gasteiger charge is 2.19. The van der Waals surface area contributed by atoms with Crippen molar-refractivity contribution in [3.8, 4) is 17.2 Å². The molecule has 13 nitrogen and oxygen atoms in total. The Morgan fingerprint density at radius 1 is 0.787 bits per heavy atom. The summed E-state index contributed by atoms with van der Waals surface area (Å²) in [6, 6.07) is 19.2. The van der Waals surface area contributed by atoms with Crippen LogP contribution in [0.2, 0.25) is 0 Å². The average Bonchev–Trinajstić information content (AvgIpc) is 3.71. The number of carbonyl (C=O) groups is 4. The molecule has 1 N–H and O–H groups in total. The second kappa shape index (κ2) is 24.6. The minimum absolute atomic E-state index is 0.152.